The van der Waals surface area contributed by atoms with E-state index in [1.165, 1.54) is 62.2 Å². The molecule has 3 fully saturated rings. The van der Waals surface area contributed by atoms with Crippen molar-refractivity contribution in [1.82, 2.24) is 0 Å². The van der Waals surface area contributed by atoms with Gasteiger partial charge in [0, 0.05) is 5.41 Å². The zero-order chi connectivity index (χ0) is 30.4. The van der Waals surface area contributed by atoms with Crippen LogP contribution in [-0.4, -0.2) is 39.6 Å². The van der Waals surface area contributed by atoms with Crippen LogP contribution in [0.15, 0.2) is 23.3 Å². The monoisotopic (exact) mass is 602 g/mol. The third-order valence-electron chi connectivity index (χ3n) is 12.8. The quantitative estimate of drug-likeness (QED) is 0.226. The Bertz CT molecular complexity index is 968. The summed E-state index contributed by atoms with van der Waals surface area (Å²) < 4.78 is 13.4. The summed E-state index contributed by atoms with van der Waals surface area (Å²) in [5, 5.41) is 11.8. The van der Waals surface area contributed by atoms with E-state index in [0.717, 1.165) is 31.1 Å². The van der Waals surface area contributed by atoms with Crippen LogP contribution in [0.25, 0.3) is 0 Å². The van der Waals surface area contributed by atoms with Gasteiger partial charge >= 0.3 is 0 Å². The van der Waals surface area contributed by atoms with Crippen molar-refractivity contribution in [3.05, 3.63) is 23.3 Å². The Labute approximate surface area is 256 Å². The van der Waals surface area contributed by atoms with Crippen LogP contribution in [0.4, 0.5) is 0 Å². The molecule has 8 atom stereocenters. The third-order valence-corrected chi connectivity index (χ3v) is 18.6. The van der Waals surface area contributed by atoms with Crippen molar-refractivity contribution >= 4 is 16.6 Å². The molecule has 0 aromatic rings. The Kier molecular flexibility index (Phi) is 10.1. The first kappa shape index (κ1) is 33.7. The molecule has 1 N–H and O–H groups in total. The normalized spacial score (nSPS) is 36.6. The summed E-state index contributed by atoms with van der Waals surface area (Å²) >= 11 is 0. The molecule has 0 aliphatic heterocycles. The van der Waals surface area contributed by atoms with Crippen molar-refractivity contribution in [2.24, 2.45) is 34.5 Å². The first-order chi connectivity index (χ1) is 19.0. The lowest BCUT2D eigenvalue weighted by Gasteiger charge is -2.57. The lowest BCUT2D eigenvalue weighted by atomic mass is 9.49. The Morgan fingerprint density at radius 3 is 2.27 bits per heavy atom. The topological polar surface area (TPSA) is 38.7 Å². The summed E-state index contributed by atoms with van der Waals surface area (Å²) in [7, 11) is -3.21. The lowest BCUT2D eigenvalue weighted by Crippen LogP contribution is -2.54. The zero-order valence-electron chi connectivity index (χ0n) is 28.9. The van der Waals surface area contributed by atoms with Gasteiger partial charge in [-0.15, -0.1) is 0 Å². The van der Waals surface area contributed by atoms with Gasteiger partial charge < -0.3 is 14.0 Å². The molecular weight excluding hydrogens is 537 g/mol. The SMILES string of the molecule is CC[Si](CC)(CC)O[C@@H]1CC2=CC=C3[C@@H]4CC[C@H]([C@H](C)CCCC(C)(C)O[Si](C)(C)C)[C@@]4(C)CC[C@@H]3[C@@]2(C)[C@@H](O)C1. The second kappa shape index (κ2) is 12.3. The van der Waals surface area contributed by atoms with E-state index in [-0.39, 0.29) is 23.2 Å². The van der Waals surface area contributed by atoms with Crippen LogP contribution >= 0.6 is 0 Å². The minimum absolute atomic E-state index is 0.00502. The maximum atomic E-state index is 11.8. The summed E-state index contributed by atoms with van der Waals surface area (Å²) in [4.78, 5) is 0. The minimum Gasteiger partial charge on any atom is -0.414 e. The maximum Gasteiger partial charge on any atom is 0.192 e. The number of fused-ring (bicyclic) bond motifs is 5. The van der Waals surface area contributed by atoms with Gasteiger partial charge in [-0.05, 0) is 126 Å². The second-order valence-corrected chi connectivity index (χ2v) is 25.9. The van der Waals surface area contributed by atoms with Crippen LogP contribution in [-0.2, 0) is 8.85 Å². The first-order valence-electron chi connectivity index (χ1n) is 17.5. The van der Waals surface area contributed by atoms with Gasteiger partial charge in [0.25, 0.3) is 0 Å². The molecule has 0 heterocycles. The van der Waals surface area contributed by atoms with Gasteiger partial charge in [0.2, 0.25) is 0 Å². The molecule has 4 aliphatic rings. The van der Waals surface area contributed by atoms with Gasteiger partial charge in [0.05, 0.1) is 17.8 Å². The number of rotatable bonds is 12. The Balaban J connectivity index is 1.46. The molecule has 4 aliphatic carbocycles. The molecule has 4 rings (SSSR count). The minimum atomic E-state index is -1.69. The van der Waals surface area contributed by atoms with E-state index in [4.69, 9.17) is 8.85 Å². The van der Waals surface area contributed by atoms with Gasteiger partial charge in [-0.25, -0.2) is 0 Å². The average molecular weight is 603 g/mol. The van der Waals surface area contributed by atoms with Crippen molar-refractivity contribution in [2.45, 2.75) is 169 Å². The predicted octanol–water partition coefficient (Wildman–Crippen LogP) is 10.3. The maximum absolute atomic E-state index is 11.8. The summed E-state index contributed by atoms with van der Waals surface area (Å²) in [5.41, 5.74) is 3.42. The standard InChI is InChI=1S/C36H66O3Si2/c1-12-41(13-2,14-3)38-28-24-27-17-18-29-31-20-19-30(26(4)16-15-22-34(5,6)39-40(9,10)11)35(31,7)23-21-32(29)36(27,8)33(37)25-28/h17-18,26,28,30-33,37H,12-16,19-25H2,1-11H3/t26-,28-,30-,31+,32+,33+,35-,36+/m1/s1. The molecule has 41 heavy (non-hydrogen) atoms. The van der Waals surface area contributed by atoms with E-state index < -0.39 is 16.6 Å². The molecular formula is C36H66O3Si2. The molecule has 5 heteroatoms. The molecule has 236 valence electrons. The fourth-order valence-electron chi connectivity index (χ4n) is 10.4. The second-order valence-electron chi connectivity index (χ2n) is 16.8. The molecule has 0 amide bonds. The number of aliphatic hydroxyl groups is 1. The van der Waals surface area contributed by atoms with Crippen molar-refractivity contribution in [3.63, 3.8) is 0 Å². The van der Waals surface area contributed by atoms with Gasteiger partial charge in [0.15, 0.2) is 16.6 Å². The molecule has 0 aromatic carbocycles. The largest absolute Gasteiger partial charge is 0.414 e. The van der Waals surface area contributed by atoms with E-state index in [1.54, 1.807) is 5.57 Å². The average Bonchev–Trinajstić information content (AvgIpc) is 3.24. The van der Waals surface area contributed by atoms with Gasteiger partial charge in [-0.3, -0.25) is 0 Å². The van der Waals surface area contributed by atoms with Crippen LogP contribution in [0.5, 0.6) is 0 Å². The van der Waals surface area contributed by atoms with Crippen LogP contribution in [0.1, 0.15) is 113 Å². The Morgan fingerprint density at radius 1 is 1.00 bits per heavy atom. The molecule has 0 saturated heterocycles. The van der Waals surface area contributed by atoms with Gasteiger partial charge in [-0.1, -0.05) is 77.7 Å². The number of hydrogen-bond acceptors (Lipinski definition) is 3. The fraction of sp³-hybridized carbons (Fsp3) is 0.889. The molecule has 0 spiro atoms. The molecule has 3 nitrogen and oxygen atoms in total. The fourth-order valence-corrected chi connectivity index (χ4v) is 15.0. The summed E-state index contributed by atoms with van der Waals surface area (Å²) in [6, 6.07) is 3.54. The van der Waals surface area contributed by atoms with E-state index in [0.29, 0.717) is 17.3 Å². The molecule has 0 bridgehead atoms. The van der Waals surface area contributed by atoms with Crippen molar-refractivity contribution < 1.29 is 14.0 Å². The summed E-state index contributed by atoms with van der Waals surface area (Å²) in [5.74, 6) is 2.73. The van der Waals surface area contributed by atoms with E-state index in [2.05, 4.69) is 87.2 Å². The highest BCUT2D eigenvalue weighted by Gasteiger charge is 2.59. The highest BCUT2D eigenvalue weighted by Crippen LogP contribution is 2.66. The molecule has 0 unspecified atom stereocenters. The molecule has 3 saturated carbocycles. The predicted molar refractivity (Wildman–Crippen MR) is 180 cm³/mol. The van der Waals surface area contributed by atoms with Crippen LogP contribution < -0.4 is 0 Å². The van der Waals surface area contributed by atoms with Gasteiger partial charge in [0.1, 0.15) is 0 Å². The van der Waals surface area contributed by atoms with Crippen molar-refractivity contribution in [3.8, 4) is 0 Å². The number of aliphatic hydroxyl groups excluding tert-OH is 1. The Morgan fingerprint density at radius 2 is 1.66 bits per heavy atom. The smallest absolute Gasteiger partial charge is 0.192 e. The van der Waals surface area contributed by atoms with E-state index in [9.17, 15) is 5.11 Å². The first-order valence-corrected chi connectivity index (χ1v) is 23.4. The summed E-state index contributed by atoms with van der Waals surface area (Å²) in [6.07, 6.45) is 15.7. The van der Waals surface area contributed by atoms with E-state index in [1.807, 2.05) is 0 Å². The molecule has 0 radical (unpaired) electrons. The van der Waals surface area contributed by atoms with Crippen molar-refractivity contribution in [1.29, 1.82) is 0 Å². The van der Waals surface area contributed by atoms with E-state index >= 15 is 0 Å². The Hall–Kier alpha value is -0.206. The molecule has 0 aromatic heterocycles. The number of hydrogen-bond donors (Lipinski definition) is 1. The lowest BCUT2D eigenvalue weighted by molar-refractivity contribution is -0.0515. The third kappa shape index (κ3) is 6.60. The van der Waals surface area contributed by atoms with Crippen molar-refractivity contribution in [2.75, 3.05) is 0 Å². The summed E-state index contributed by atoms with van der Waals surface area (Å²) in [6.45, 7) is 26.0. The highest BCUT2D eigenvalue weighted by molar-refractivity contribution is 6.73. The van der Waals surface area contributed by atoms with Gasteiger partial charge in [-0.2, -0.15) is 0 Å². The zero-order valence-corrected chi connectivity index (χ0v) is 30.9. The number of allylic oxidation sites excluding steroid dienone is 3. The van der Waals surface area contributed by atoms with Crippen LogP contribution in [0.3, 0.4) is 0 Å². The highest BCUT2D eigenvalue weighted by atomic mass is 28.4. The van der Waals surface area contributed by atoms with Crippen LogP contribution in [0, 0.1) is 34.5 Å². The van der Waals surface area contributed by atoms with Crippen LogP contribution in [0.2, 0.25) is 37.8 Å².